The molecule has 2 aromatic rings. The van der Waals surface area contributed by atoms with Crippen molar-refractivity contribution in [2.75, 3.05) is 7.11 Å². The number of ether oxygens (including phenoxy) is 1. The van der Waals surface area contributed by atoms with Gasteiger partial charge in [-0.3, -0.25) is 0 Å². The van der Waals surface area contributed by atoms with Crippen molar-refractivity contribution in [3.8, 4) is 5.75 Å². The van der Waals surface area contributed by atoms with Crippen molar-refractivity contribution in [2.45, 2.75) is 12.3 Å². The Hall–Kier alpha value is -2.00. The second-order valence-electron chi connectivity index (χ2n) is 5.22. The average molecular weight is 302 g/mol. The van der Waals surface area contributed by atoms with Crippen LogP contribution in [0.25, 0.3) is 0 Å². The molecule has 2 atom stereocenters. The average Bonchev–Trinajstić information content (AvgIpc) is 3.29. The minimum absolute atomic E-state index is 0.239. The zero-order valence-corrected chi connectivity index (χ0v) is 12.4. The third-order valence-electron chi connectivity index (χ3n) is 3.91. The van der Waals surface area contributed by atoms with Crippen molar-refractivity contribution in [1.82, 2.24) is 0 Å². The summed E-state index contributed by atoms with van der Waals surface area (Å²) in [6, 6.07) is 15.5. The van der Waals surface area contributed by atoms with E-state index in [4.69, 9.17) is 16.3 Å². The molecule has 0 bridgehead atoms. The monoisotopic (exact) mass is 301 g/mol. The first-order valence-electron chi connectivity index (χ1n) is 6.84. The minimum atomic E-state index is 0.239. The van der Waals surface area contributed by atoms with E-state index in [9.17, 15) is 5.21 Å². The van der Waals surface area contributed by atoms with Crippen molar-refractivity contribution < 1.29 is 9.94 Å². The number of rotatable bonds is 4. The molecule has 1 aliphatic carbocycles. The molecule has 0 aliphatic heterocycles. The largest absolute Gasteiger partial charge is 0.497 e. The van der Waals surface area contributed by atoms with Crippen molar-refractivity contribution >= 4 is 17.3 Å². The summed E-state index contributed by atoms with van der Waals surface area (Å²) in [6.45, 7) is 0. The Morgan fingerprint density at radius 3 is 2.67 bits per heavy atom. The van der Waals surface area contributed by atoms with Crippen molar-refractivity contribution in [2.24, 2.45) is 11.1 Å². The molecule has 0 unspecified atom stereocenters. The third kappa shape index (κ3) is 2.88. The van der Waals surface area contributed by atoms with E-state index in [-0.39, 0.29) is 5.92 Å². The standard InChI is InChI=1S/C17H16ClNO2/c1-21-14-4-2-3-12(9-14)17(19-20)16-10-15(16)11-5-7-13(18)8-6-11/h2-9,15-16,20H,10H2,1H3/b19-17+/t15-,16-/m0/s1. The first kappa shape index (κ1) is 14.0. The fourth-order valence-electron chi connectivity index (χ4n) is 2.70. The lowest BCUT2D eigenvalue weighted by Gasteiger charge is -2.07. The summed E-state index contributed by atoms with van der Waals surface area (Å²) >= 11 is 5.91. The fourth-order valence-corrected chi connectivity index (χ4v) is 2.83. The minimum Gasteiger partial charge on any atom is -0.497 e. The molecular formula is C17H16ClNO2. The quantitative estimate of drug-likeness (QED) is 0.519. The molecule has 0 spiro atoms. The van der Waals surface area contributed by atoms with Crippen LogP contribution in [-0.2, 0) is 0 Å². The molecule has 0 radical (unpaired) electrons. The Morgan fingerprint density at radius 2 is 2.00 bits per heavy atom. The maximum Gasteiger partial charge on any atom is 0.119 e. The molecule has 4 heteroatoms. The Morgan fingerprint density at radius 1 is 1.24 bits per heavy atom. The number of methoxy groups -OCH3 is 1. The van der Waals surface area contributed by atoms with Gasteiger partial charge in [0.1, 0.15) is 5.75 Å². The van der Waals surface area contributed by atoms with Crippen molar-refractivity contribution in [1.29, 1.82) is 0 Å². The van der Waals surface area contributed by atoms with Gasteiger partial charge in [-0.15, -0.1) is 0 Å². The second-order valence-corrected chi connectivity index (χ2v) is 5.65. The van der Waals surface area contributed by atoms with E-state index in [1.54, 1.807) is 7.11 Å². The van der Waals surface area contributed by atoms with Crippen LogP contribution in [0.5, 0.6) is 5.75 Å². The van der Waals surface area contributed by atoms with Gasteiger partial charge in [-0.05, 0) is 42.2 Å². The van der Waals surface area contributed by atoms with Crippen LogP contribution in [0.2, 0.25) is 5.02 Å². The van der Waals surface area contributed by atoms with E-state index >= 15 is 0 Å². The van der Waals surface area contributed by atoms with Crippen LogP contribution in [0.3, 0.4) is 0 Å². The van der Waals surface area contributed by atoms with Gasteiger partial charge in [-0.1, -0.05) is 41.0 Å². The lowest BCUT2D eigenvalue weighted by atomic mass is 10.0. The van der Waals surface area contributed by atoms with Crippen LogP contribution >= 0.6 is 11.6 Å². The third-order valence-corrected chi connectivity index (χ3v) is 4.17. The second kappa shape index (κ2) is 5.78. The molecule has 108 valence electrons. The Bertz CT molecular complexity index is 667. The SMILES string of the molecule is COc1cccc(/C(=N\O)[C@H]2C[C@H]2c2ccc(Cl)cc2)c1. The van der Waals surface area contributed by atoms with E-state index in [1.807, 2.05) is 48.5 Å². The first-order valence-corrected chi connectivity index (χ1v) is 7.22. The Kier molecular flexibility index (Phi) is 3.84. The summed E-state index contributed by atoms with van der Waals surface area (Å²) < 4.78 is 5.22. The lowest BCUT2D eigenvalue weighted by Crippen LogP contribution is -2.05. The van der Waals surface area contributed by atoms with Gasteiger partial charge in [0.05, 0.1) is 12.8 Å². The van der Waals surface area contributed by atoms with E-state index in [2.05, 4.69) is 5.16 Å². The molecule has 1 aliphatic rings. The number of hydrogen-bond acceptors (Lipinski definition) is 3. The summed E-state index contributed by atoms with van der Waals surface area (Å²) in [7, 11) is 1.63. The van der Waals surface area contributed by atoms with Gasteiger partial charge in [-0.2, -0.15) is 0 Å². The van der Waals surface area contributed by atoms with E-state index < -0.39 is 0 Å². The molecule has 0 aromatic heterocycles. The van der Waals surface area contributed by atoms with Crippen LogP contribution in [-0.4, -0.2) is 18.0 Å². The summed E-state index contributed by atoms with van der Waals surface area (Å²) in [5.41, 5.74) is 2.85. The number of hydrogen-bond donors (Lipinski definition) is 1. The van der Waals surface area contributed by atoms with Crippen molar-refractivity contribution in [3.63, 3.8) is 0 Å². The Balaban J connectivity index is 1.81. The topological polar surface area (TPSA) is 41.8 Å². The van der Waals surface area contributed by atoms with Crippen LogP contribution in [0.4, 0.5) is 0 Å². The highest BCUT2D eigenvalue weighted by Gasteiger charge is 2.43. The maximum atomic E-state index is 9.39. The van der Waals surface area contributed by atoms with Crippen LogP contribution in [0.1, 0.15) is 23.5 Å². The first-order chi connectivity index (χ1) is 10.2. The molecule has 1 N–H and O–H groups in total. The molecule has 0 saturated heterocycles. The zero-order valence-electron chi connectivity index (χ0n) is 11.7. The summed E-state index contributed by atoms with van der Waals surface area (Å²) in [4.78, 5) is 0. The normalized spacial score (nSPS) is 21.1. The summed E-state index contributed by atoms with van der Waals surface area (Å²) in [5, 5.41) is 13.6. The van der Waals surface area contributed by atoms with Gasteiger partial charge in [0, 0.05) is 16.5 Å². The van der Waals surface area contributed by atoms with Crippen LogP contribution < -0.4 is 4.74 Å². The van der Waals surface area contributed by atoms with Gasteiger partial charge in [0.2, 0.25) is 0 Å². The number of oxime groups is 1. The van der Waals surface area contributed by atoms with Crippen LogP contribution in [0, 0.1) is 5.92 Å². The van der Waals surface area contributed by atoms with Gasteiger partial charge in [-0.25, -0.2) is 0 Å². The molecule has 3 rings (SSSR count). The molecular weight excluding hydrogens is 286 g/mol. The molecule has 1 saturated carbocycles. The van der Waals surface area contributed by atoms with E-state index in [1.165, 1.54) is 5.56 Å². The van der Waals surface area contributed by atoms with Crippen molar-refractivity contribution in [3.05, 3.63) is 64.7 Å². The molecule has 1 fully saturated rings. The summed E-state index contributed by atoms with van der Waals surface area (Å²) in [6.07, 6.45) is 0.984. The summed E-state index contributed by atoms with van der Waals surface area (Å²) in [5.74, 6) is 1.39. The zero-order chi connectivity index (χ0) is 14.8. The lowest BCUT2D eigenvalue weighted by molar-refractivity contribution is 0.317. The highest BCUT2D eigenvalue weighted by molar-refractivity contribution is 6.30. The highest BCUT2D eigenvalue weighted by Crippen LogP contribution is 2.49. The predicted octanol–water partition coefficient (Wildman–Crippen LogP) is 4.33. The van der Waals surface area contributed by atoms with Gasteiger partial charge in [0.25, 0.3) is 0 Å². The Labute approximate surface area is 128 Å². The molecule has 0 heterocycles. The number of benzene rings is 2. The molecule has 3 nitrogen and oxygen atoms in total. The highest BCUT2D eigenvalue weighted by atomic mass is 35.5. The van der Waals surface area contributed by atoms with Crippen LogP contribution in [0.15, 0.2) is 53.7 Å². The van der Waals surface area contributed by atoms with Gasteiger partial charge < -0.3 is 9.94 Å². The van der Waals surface area contributed by atoms with E-state index in [0.717, 1.165) is 22.8 Å². The predicted molar refractivity (Wildman–Crippen MR) is 83.6 cm³/mol. The molecule has 0 amide bonds. The molecule has 21 heavy (non-hydrogen) atoms. The van der Waals surface area contributed by atoms with E-state index in [0.29, 0.717) is 11.6 Å². The maximum absolute atomic E-state index is 9.39. The number of nitrogens with zero attached hydrogens (tertiary/aromatic N) is 1. The smallest absolute Gasteiger partial charge is 0.119 e. The number of halogens is 1. The van der Waals surface area contributed by atoms with Gasteiger partial charge >= 0.3 is 0 Å². The molecule has 2 aromatic carbocycles. The van der Waals surface area contributed by atoms with Gasteiger partial charge in [0.15, 0.2) is 0 Å². The fraction of sp³-hybridized carbons (Fsp3) is 0.235.